The summed E-state index contributed by atoms with van der Waals surface area (Å²) in [5.74, 6) is 0. The molecule has 2 N–H and O–H groups in total. The molecule has 0 aromatic rings. The van der Waals surface area contributed by atoms with Crippen LogP contribution in [-0.4, -0.2) is 55.1 Å². The molecule has 0 amide bonds. The van der Waals surface area contributed by atoms with E-state index in [9.17, 15) is 0 Å². The van der Waals surface area contributed by atoms with E-state index in [1.165, 1.54) is 38.6 Å². The van der Waals surface area contributed by atoms with Crippen LogP contribution in [0.5, 0.6) is 0 Å². The number of nitrogens with two attached hydrogens (primary N) is 1. The van der Waals surface area contributed by atoms with E-state index >= 15 is 0 Å². The third kappa shape index (κ3) is 3.46. The second-order valence-electron chi connectivity index (χ2n) is 7.54. The Morgan fingerprint density at radius 3 is 2.22 bits per heavy atom. The van der Waals surface area contributed by atoms with Crippen LogP contribution in [0.15, 0.2) is 0 Å². The van der Waals surface area contributed by atoms with Crippen molar-refractivity contribution in [1.29, 1.82) is 0 Å². The summed E-state index contributed by atoms with van der Waals surface area (Å²) in [5, 5.41) is 0. The summed E-state index contributed by atoms with van der Waals surface area (Å²) in [6.45, 7) is 7.19. The molecule has 2 unspecified atom stereocenters. The molecule has 2 aliphatic rings. The van der Waals surface area contributed by atoms with Gasteiger partial charge < -0.3 is 10.6 Å². The van der Waals surface area contributed by atoms with Gasteiger partial charge in [0.05, 0.1) is 0 Å². The molecule has 106 valence electrons. The lowest BCUT2D eigenvalue weighted by Gasteiger charge is -2.51. The van der Waals surface area contributed by atoms with Crippen molar-refractivity contribution in [3.05, 3.63) is 0 Å². The Kier molecular flexibility index (Phi) is 4.35. The average molecular weight is 253 g/mol. The van der Waals surface area contributed by atoms with Crippen LogP contribution in [0.1, 0.15) is 46.0 Å². The van der Waals surface area contributed by atoms with Gasteiger partial charge in [0.25, 0.3) is 0 Å². The number of hydrogen-bond acceptors (Lipinski definition) is 3. The Balaban J connectivity index is 1.99. The van der Waals surface area contributed by atoms with Crippen LogP contribution in [0.2, 0.25) is 0 Å². The minimum absolute atomic E-state index is 0.374. The zero-order valence-electron chi connectivity index (χ0n) is 12.7. The zero-order chi connectivity index (χ0) is 13.3. The summed E-state index contributed by atoms with van der Waals surface area (Å²) in [5.41, 5.74) is 6.57. The van der Waals surface area contributed by atoms with E-state index in [1.807, 2.05) is 0 Å². The molecule has 2 atom stereocenters. The summed E-state index contributed by atoms with van der Waals surface area (Å²) in [6, 6.07) is 1.97. The molecule has 18 heavy (non-hydrogen) atoms. The largest absolute Gasteiger partial charge is 0.328 e. The number of rotatable bonds is 4. The third-order valence-electron chi connectivity index (χ3n) is 4.52. The van der Waals surface area contributed by atoms with E-state index in [4.69, 9.17) is 5.73 Å². The lowest BCUT2D eigenvalue weighted by Crippen LogP contribution is -2.58. The predicted molar refractivity (Wildman–Crippen MR) is 77.7 cm³/mol. The lowest BCUT2D eigenvalue weighted by molar-refractivity contribution is -0.00194. The van der Waals surface area contributed by atoms with Crippen LogP contribution >= 0.6 is 0 Å². The van der Waals surface area contributed by atoms with Crippen molar-refractivity contribution in [2.45, 2.75) is 64.1 Å². The van der Waals surface area contributed by atoms with Crippen LogP contribution in [-0.2, 0) is 0 Å². The third-order valence-corrected chi connectivity index (χ3v) is 4.52. The molecular formula is C15H31N3. The van der Waals surface area contributed by atoms with Crippen LogP contribution in [0.3, 0.4) is 0 Å². The normalized spacial score (nSPS) is 34.0. The standard InChI is InChI=1S/C15H31N3/c1-15(2,10-17(3)4)11-18-13-6-5-7-14(18)9-12(16)8-13/h12-14H,5-11,16H2,1-4H3. The SMILES string of the molecule is CN(C)CC(C)(C)CN1C2CCCC1CC(N)C2. The highest BCUT2D eigenvalue weighted by Crippen LogP contribution is 2.35. The molecule has 0 saturated carbocycles. The number of nitrogens with zero attached hydrogens (tertiary/aromatic N) is 2. The molecule has 2 fully saturated rings. The monoisotopic (exact) mass is 253 g/mol. The fourth-order valence-electron chi connectivity index (χ4n) is 4.18. The minimum atomic E-state index is 0.374. The highest BCUT2D eigenvalue weighted by atomic mass is 15.2. The van der Waals surface area contributed by atoms with E-state index in [1.54, 1.807) is 0 Å². The van der Waals surface area contributed by atoms with Crippen LogP contribution in [0.25, 0.3) is 0 Å². The van der Waals surface area contributed by atoms with E-state index in [0.29, 0.717) is 11.5 Å². The summed E-state index contributed by atoms with van der Waals surface area (Å²) in [6.07, 6.45) is 6.57. The molecule has 0 aromatic carbocycles. The van der Waals surface area contributed by atoms with Gasteiger partial charge in [0.15, 0.2) is 0 Å². The molecule has 2 aliphatic heterocycles. The molecule has 2 saturated heterocycles. The van der Waals surface area contributed by atoms with Gasteiger partial charge in [-0.3, -0.25) is 4.90 Å². The van der Waals surface area contributed by atoms with Crippen molar-refractivity contribution in [2.24, 2.45) is 11.1 Å². The maximum absolute atomic E-state index is 6.20. The van der Waals surface area contributed by atoms with Crippen LogP contribution in [0.4, 0.5) is 0 Å². The maximum Gasteiger partial charge on any atom is 0.0113 e. The highest BCUT2D eigenvalue weighted by Gasteiger charge is 2.39. The smallest absolute Gasteiger partial charge is 0.0113 e. The highest BCUT2D eigenvalue weighted by molar-refractivity contribution is 4.95. The molecule has 0 aromatic heterocycles. The van der Waals surface area contributed by atoms with Crippen molar-refractivity contribution >= 4 is 0 Å². The molecule has 2 bridgehead atoms. The first kappa shape index (κ1) is 14.3. The maximum atomic E-state index is 6.20. The average Bonchev–Trinajstić information content (AvgIpc) is 2.16. The van der Waals surface area contributed by atoms with Gasteiger partial charge in [-0.15, -0.1) is 0 Å². The summed E-state index contributed by atoms with van der Waals surface area (Å²) < 4.78 is 0. The van der Waals surface area contributed by atoms with Gasteiger partial charge in [-0.2, -0.15) is 0 Å². The molecule has 3 heteroatoms. The van der Waals surface area contributed by atoms with Crippen molar-refractivity contribution in [3.8, 4) is 0 Å². The van der Waals surface area contributed by atoms with E-state index < -0.39 is 0 Å². The molecule has 0 radical (unpaired) electrons. The first-order chi connectivity index (χ1) is 8.37. The lowest BCUT2D eigenvalue weighted by atomic mass is 9.79. The van der Waals surface area contributed by atoms with Crippen LogP contribution in [0, 0.1) is 5.41 Å². The van der Waals surface area contributed by atoms with Gasteiger partial charge in [0, 0.05) is 31.2 Å². The van der Waals surface area contributed by atoms with E-state index in [2.05, 4.69) is 37.7 Å². The van der Waals surface area contributed by atoms with E-state index in [-0.39, 0.29) is 0 Å². The minimum Gasteiger partial charge on any atom is -0.328 e. The van der Waals surface area contributed by atoms with Crippen molar-refractivity contribution in [1.82, 2.24) is 9.80 Å². The zero-order valence-corrected chi connectivity index (χ0v) is 12.7. The molecule has 0 aliphatic carbocycles. The Bertz CT molecular complexity index is 261. The van der Waals surface area contributed by atoms with Crippen LogP contribution < -0.4 is 5.73 Å². The fraction of sp³-hybridized carbons (Fsp3) is 1.00. The van der Waals surface area contributed by atoms with Gasteiger partial charge in [-0.1, -0.05) is 20.3 Å². The Morgan fingerprint density at radius 1 is 1.17 bits per heavy atom. The summed E-state index contributed by atoms with van der Waals surface area (Å²) >= 11 is 0. The summed E-state index contributed by atoms with van der Waals surface area (Å²) in [4.78, 5) is 5.10. The van der Waals surface area contributed by atoms with Gasteiger partial charge in [-0.05, 0) is 45.2 Å². The summed E-state index contributed by atoms with van der Waals surface area (Å²) in [7, 11) is 4.35. The Labute approximate surface area is 113 Å². The molecule has 2 rings (SSSR count). The predicted octanol–water partition coefficient (Wildman–Crippen LogP) is 1.92. The Morgan fingerprint density at radius 2 is 1.72 bits per heavy atom. The topological polar surface area (TPSA) is 32.5 Å². The van der Waals surface area contributed by atoms with Crippen molar-refractivity contribution in [3.63, 3.8) is 0 Å². The van der Waals surface area contributed by atoms with Gasteiger partial charge in [-0.25, -0.2) is 0 Å². The van der Waals surface area contributed by atoms with Gasteiger partial charge in [0.2, 0.25) is 0 Å². The number of hydrogen-bond donors (Lipinski definition) is 1. The van der Waals surface area contributed by atoms with Gasteiger partial charge >= 0.3 is 0 Å². The van der Waals surface area contributed by atoms with Crippen molar-refractivity contribution in [2.75, 3.05) is 27.2 Å². The number of fused-ring (bicyclic) bond motifs is 2. The molecule has 0 spiro atoms. The van der Waals surface area contributed by atoms with E-state index in [0.717, 1.165) is 18.6 Å². The Hall–Kier alpha value is -0.120. The molecular weight excluding hydrogens is 222 g/mol. The fourth-order valence-corrected chi connectivity index (χ4v) is 4.18. The van der Waals surface area contributed by atoms with Crippen molar-refractivity contribution < 1.29 is 0 Å². The second kappa shape index (κ2) is 5.48. The first-order valence-corrected chi connectivity index (χ1v) is 7.53. The van der Waals surface area contributed by atoms with Gasteiger partial charge in [0.1, 0.15) is 0 Å². The molecule has 2 heterocycles. The second-order valence-corrected chi connectivity index (χ2v) is 7.54. The first-order valence-electron chi connectivity index (χ1n) is 7.53. The number of piperidine rings is 2. The quantitative estimate of drug-likeness (QED) is 0.831. The molecule has 3 nitrogen and oxygen atoms in total.